The number of carbonyl (C=O) groups excluding carboxylic acids is 1. The summed E-state index contributed by atoms with van der Waals surface area (Å²) in [6.45, 7) is 8.69. The van der Waals surface area contributed by atoms with Crippen LogP contribution in [0.1, 0.15) is 37.0 Å². The van der Waals surface area contributed by atoms with Gasteiger partial charge in [0.15, 0.2) is 22.4 Å². The van der Waals surface area contributed by atoms with Crippen molar-refractivity contribution < 1.29 is 19.0 Å². The maximum atomic E-state index is 13.0. The molecule has 1 amide bonds. The molecule has 188 valence electrons. The normalized spacial score (nSPS) is 10.8. The van der Waals surface area contributed by atoms with E-state index in [2.05, 4.69) is 25.9 Å². The van der Waals surface area contributed by atoms with Gasteiger partial charge in [-0.2, -0.15) is 9.61 Å². The Balaban J connectivity index is 1.50. The Morgan fingerprint density at radius 2 is 1.72 bits per heavy atom. The molecule has 10 nitrogen and oxygen atoms in total. The molecular weight excluding hydrogens is 500 g/mol. The first-order chi connectivity index (χ1) is 17.4. The largest absolute Gasteiger partial charge is 0.490 e. The van der Waals surface area contributed by atoms with Crippen LogP contribution in [0.2, 0.25) is 0 Å². The summed E-state index contributed by atoms with van der Waals surface area (Å²) in [6, 6.07) is 10.8. The molecule has 0 aliphatic carbocycles. The molecule has 2 aromatic carbocycles. The quantitative estimate of drug-likeness (QED) is 0.305. The number of ether oxygens (including phenoxy) is 3. The highest BCUT2D eigenvalue weighted by Crippen LogP contribution is 2.39. The molecule has 36 heavy (non-hydrogen) atoms. The van der Waals surface area contributed by atoms with Crippen LogP contribution in [0.25, 0.3) is 15.5 Å². The molecule has 2 N–H and O–H groups in total. The first kappa shape index (κ1) is 25.3. The summed E-state index contributed by atoms with van der Waals surface area (Å²) in [5.74, 6) is 1.65. The molecule has 0 fully saturated rings. The van der Waals surface area contributed by atoms with E-state index in [1.54, 1.807) is 16.6 Å². The minimum Gasteiger partial charge on any atom is -0.490 e. The number of aromatic nitrogens is 4. The SMILES string of the molecule is CCOc1cc(C(=O)NC(=S)Nc2cccc(-c3nn4c(C)nnc4s3)c2)cc(OCC)c1OCC. The van der Waals surface area contributed by atoms with E-state index >= 15 is 0 Å². The van der Waals surface area contributed by atoms with Gasteiger partial charge in [0.2, 0.25) is 10.7 Å². The van der Waals surface area contributed by atoms with Crippen LogP contribution in [0.4, 0.5) is 5.69 Å². The fourth-order valence-electron chi connectivity index (χ4n) is 3.42. The lowest BCUT2D eigenvalue weighted by Crippen LogP contribution is -2.34. The Hall–Kier alpha value is -3.77. The summed E-state index contributed by atoms with van der Waals surface area (Å²) < 4.78 is 18.8. The van der Waals surface area contributed by atoms with Gasteiger partial charge in [-0.25, -0.2) is 0 Å². The molecule has 2 heterocycles. The molecular formula is C24H26N6O4S2. The van der Waals surface area contributed by atoms with Crippen molar-refractivity contribution in [2.75, 3.05) is 25.1 Å². The van der Waals surface area contributed by atoms with E-state index in [0.717, 1.165) is 21.4 Å². The number of carbonyl (C=O) groups is 1. The number of benzene rings is 2. The molecule has 2 aromatic heterocycles. The van der Waals surface area contributed by atoms with Gasteiger partial charge in [0.05, 0.1) is 19.8 Å². The maximum absolute atomic E-state index is 13.0. The standard InChI is InChI=1S/C24H26N6O4S2/c1-5-32-18-12-16(13-19(33-6-2)20(18)34-7-3)21(31)26-23(35)25-17-10-8-9-15(11-17)22-29-30-14(4)27-28-24(30)36-22/h8-13H,5-7H2,1-4H3,(H2,25,26,31,35). The third-order valence-electron chi connectivity index (χ3n) is 4.91. The summed E-state index contributed by atoms with van der Waals surface area (Å²) in [7, 11) is 0. The Bertz CT molecular complexity index is 1370. The lowest BCUT2D eigenvalue weighted by atomic mass is 10.1. The zero-order valence-corrected chi connectivity index (χ0v) is 22.0. The van der Waals surface area contributed by atoms with Crippen LogP contribution >= 0.6 is 23.6 Å². The number of fused-ring (bicyclic) bond motifs is 1. The van der Waals surface area contributed by atoms with Gasteiger partial charge < -0.3 is 19.5 Å². The predicted octanol–water partition coefficient (Wildman–Crippen LogP) is 4.48. The zero-order chi connectivity index (χ0) is 25.7. The van der Waals surface area contributed by atoms with E-state index in [4.69, 9.17) is 26.4 Å². The van der Waals surface area contributed by atoms with Crippen LogP contribution in [0.15, 0.2) is 36.4 Å². The fraction of sp³-hybridized carbons (Fsp3) is 0.292. The number of hydrogen-bond acceptors (Lipinski definition) is 9. The smallest absolute Gasteiger partial charge is 0.257 e. The number of nitrogens with one attached hydrogen (secondary N) is 2. The van der Waals surface area contributed by atoms with Gasteiger partial charge >= 0.3 is 0 Å². The second-order valence-corrected chi connectivity index (χ2v) is 8.80. The summed E-state index contributed by atoms with van der Waals surface area (Å²) >= 11 is 6.83. The number of rotatable bonds is 9. The molecule has 0 bridgehead atoms. The Morgan fingerprint density at radius 3 is 2.36 bits per heavy atom. The van der Waals surface area contributed by atoms with Crippen LogP contribution in [0.5, 0.6) is 17.2 Å². The summed E-state index contributed by atoms with van der Waals surface area (Å²) in [5.41, 5.74) is 1.92. The van der Waals surface area contributed by atoms with E-state index in [-0.39, 0.29) is 5.11 Å². The number of anilines is 1. The van der Waals surface area contributed by atoms with E-state index in [0.29, 0.717) is 48.3 Å². The molecule has 0 atom stereocenters. The number of nitrogens with zero attached hydrogens (tertiary/aromatic N) is 4. The molecule has 0 spiro atoms. The summed E-state index contributed by atoms with van der Waals surface area (Å²) in [5, 5.41) is 19.4. The van der Waals surface area contributed by atoms with Crippen LogP contribution < -0.4 is 24.8 Å². The number of amides is 1. The van der Waals surface area contributed by atoms with E-state index in [1.165, 1.54) is 11.3 Å². The highest BCUT2D eigenvalue weighted by Gasteiger charge is 2.19. The van der Waals surface area contributed by atoms with E-state index in [9.17, 15) is 4.79 Å². The summed E-state index contributed by atoms with van der Waals surface area (Å²) in [6.07, 6.45) is 0. The van der Waals surface area contributed by atoms with Crippen molar-refractivity contribution in [1.82, 2.24) is 25.1 Å². The van der Waals surface area contributed by atoms with Gasteiger partial charge in [0, 0.05) is 16.8 Å². The molecule has 0 saturated carbocycles. The highest BCUT2D eigenvalue weighted by atomic mass is 32.1. The van der Waals surface area contributed by atoms with Crippen molar-refractivity contribution in [2.24, 2.45) is 0 Å². The highest BCUT2D eigenvalue weighted by molar-refractivity contribution is 7.80. The molecule has 0 aliphatic rings. The van der Waals surface area contributed by atoms with Crippen molar-refractivity contribution in [3.63, 3.8) is 0 Å². The lowest BCUT2D eigenvalue weighted by molar-refractivity contribution is 0.0976. The minimum atomic E-state index is -0.405. The van der Waals surface area contributed by atoms with Crippen LogP contribution in [0, 0.1) is 6.92 Å². The minimum absolute atomic E-state index is 0.149. The monoisotopic (exact) mass is 526 g/mol. The lowest BCUT2D eigenvalue weighted by Gasteiger charge is -2.17. The molecule has 0 radical (unpaired) electrons. The van der Waals surface area contributed by atoms with Gasteiger partial charge in [-0.05, 0) is 64.2 Å². The average molecular weight is 527 g/mol. The third-order valence-corrected chi connectivity index (χ3v) is 6.06. The predicted molar refractivity (Wildman–Crippen MR) is 142 cm³/mol. The maximum Gasteiger partial charge on any atom is 0.257 e. The second kappa shape index (κ2) is 11.3. The van der Waals surface area contributed by atoms with Gasteiger partial charge in [-0.15, -0.1) is 10.2 Å². The van der Waals surface area contributed by atoms with Crippen molar-refractivity contribution in [2.45, 2.75) is 27.7 Å². The van der Waals surface area contributed by atoms with Gasteiger partial charge in [0.1, 0.15) is 5.01 Å². The van der Waals surface area contributed by atoms with Crippen molar-refractivity contribution in [3.05, 3.63) is 47.8 Å². The van der Waals surface area contributed by atoms with Crippen molar-refractivity contribution in [1.29, 1.82) is 0 Å². The van der Waals surface area contributed by atoms with Gasteiger partial charge in [-0.3, -0.25) is 10.1 Å². The molecule has 0 saturated heterocycles. The average Bonchev–Trinajstić information content (AvgIpc) is 3.43. The third kappa shape index (κ3) is 5.55. The van der Waals surface area contributed by atoms with Crippen molar-refractivity contribution in [3.8, 4) is 27.8 Å². The Labute approximate surface area is 217 Å². The molecule has 12 heteroatoms. The first-order valence-corrected chi connectivity index (χ1v) is 12.6. The number of hydrogen-bond donors (Lipinski definition) is 2. The topological polar surface area (TPSA) is 112 Å². The Morgan fingerprint density at radius 1 is 1.03 bits per heavy atom. The zero-order valence-electron chi connectivity index (χ0n) is 20.3. The fourth-order valence-corrected chi connectivity index (χ4v) is 4.51. The number of aryl methyl sites for hydroxylation is 1. The summed E-state index contributed by atoms with van der Waals surface area (Å²) in [4.78, 5) is 13.7. The molecule has 0 aliphatic heterocycles. The van der Waals surface area contributed by atoms with E-state index in [1.807, 2.05) is 52.0 Å². The molecule has 0 unspecified atom stereocenters. The van der Waals surface area contributed by atoms with Gasteiger partial charge in [-0.1, -0.05) is 23.5 Å². The van der Waals surface area contributed by atoms with Crippen LogP contribution in [-0.4, -0.2) is 50.7 Å². The van der Waals surface area contributed by atoms with Crippen LogP contribution in [-0.2, 0) is 0 Å². The van der Waals surface area contributed by atoms with E-state index < -0.39 is 5.91 Å². The first-order valence-electron chi connectivity index (χ1n) is 11.4. The van der Waals surface area contributed by atoms with Crippen LogP contribution in [0.3, 0.4) is 0 Å². The van der Waals surface area contributed by atoms with Gasteiger partial charge in [0.25, 0.3) is 5.91 Å². The Kier molecular flexibility index (Phi) is 7.96. The second-order valence-electron chi connectivity index (χ2n) is 7.44. The molecule has 4 aromatic rings. The van der Waals surface area contributed by atoms with Crippen molar-refractivity contribution >= 4 is 45.2 Å². The molecule has 4 rings (SSSR count). The number of thiocarbonyl (C=S) groups is 1.